The number of carbonyl (C=O) groups is 2. The number of esters is 1. The normalized spacial score (nSPS) is 9.90. The largest absolute Gasteiger partial charge is 0.465 e. The van der Waals surface area contributed by atoms with Gasteiger partial charge in [0, 0.05) is 6.54 Å². The highest BCUT2D eigenvalue weighted by atomic mass is 16.6. The number of benzene rings is 1. The van der Waals surface area contributed by atoms with Gasteiger partial charge in [0.15, 0.2) is 0 Å². The van der Waals surface area contributed by atoms with E-state index in [-0.39, 0.29) is 0 Å². The van der Waals surface area contributed by atoms with Gasteiger partial charge in [0.1, 0.15) is 5.75 Å². The molecule has 1 rings (SSSR count). The minimum atomic E-state index is -0.479. The third-order valence-electron chi connectivity index (χ3n) is 2.79. The number of ether oxygens (including phenoxy) is 2. The Labute approximate surface area is 119 Å². The molecule has 0 atom stereocenters. The number of carbonyl (C=O) groups excluding carboxylic acids is 2. The number of rotatable bonds is 7. The molecule has 0 bridgehead atoms. The maximum Gasteiger partial charge on any atom is 0.412 e. The molecule has 5 nitrogen and oxygen atoms in total. The molecule has 1 N–H and O–H groups in total. The molecule has 110 valence electrons. The number of hydrogen-bond donors (Lipinski definition) is 1. The number of unbranched alkanes of at least 4 members (excludes halogenated alkanes) is 3. The van der Waals surface area contributed by atoms with Gasteiger partial charge in [-0.3, -0.25) is 0 Å². The van der Waals surface area contributed by atoms with Crippen molar-refractivity contribution in [2.45, 2.75) is 32.6 Å². The minimum absolute atomic E-state index is 0.392. The lowest BCUT2D eigenvalue weighted by Gasteiger charge is -2.07. The van der Waals surface area contributed by atoms with Gasteiger partial charge in [0.25, 0.3) is 0 Å². The van der Waals surface area contributed by atoms with E-state index in [1.807, 2.05) is 0 Å². The van der Waals surface area contributed by atoms with Crippen LogP contribution in [0.1, 0.15) is 43.0 Å². The fourth-order valence-electron chi connectivity index (χ4n) is 1.66. The summed E-state index contributed by atoms with van der Waals surface area (Å²) in [5, 5.41) is 2.69. The highest BCUT2D eigenvalue weighted by Crippen LogP contribution is 2.13. The van der Waals surface area contributed by atoms with Crippen LogP contribution in [0.25, 0.3) is 0 Å². The lowest BCUT2D eigenvalue weighted by atomic mass is 10.2. The van der Waals surface area contributed by atoms with Crippen molar-refractivity contribution in [2.75, 3.05) is 13.7 Å². The van der Waals surface area contributed by atoms with E-state index in [1.165, 1.54) is 13.5 Å². The van der Waals surface area contributed by atoms with Crippen LogP contribution in [0.5, 0.6) is 5.75 Å². The summed E-state index contributed by atoms with van der Waals surface area (Å²) in [6, 6.07) is 6.22. The van der Waals surface area contributed by atoms with Gasteiger partial charge in [-0.15, -0.1) is 0 Å². The molecule has 0 heterocycles. The lowest BCUT2D eigenvalue weighted by Crippen LogP contribution is -2.27. The quantitative estimate of drug-likeness (QED) is 0.615. The van der Waals surface area contributed by atoms with Crippen LogP contribution in [0, 0.1) is 0 Å². The van der Waals surface area contributed by atoms with Crippen LogP contribution in [0.4, 0.5) is 4.79 Å². The fraction of sp³-hybridized carbons (Fsp3) is 0.467. The van der Waals surface area contributed by atoms with E-state index in [9.17, 15) is 9.59 Å². The molecule has 0 spiro atoms. The van der Waals surface area contributed by atoms with E-state index in [0.29, 0.717) is 17.9 Å². The van der Waals surface area contributed by atoms with Crippen molar-refractivity contribution in [1.82, 2.24) is 5.32 Å². The summed E-state index contributed by atoms with van der Waals surface area (Å²) < 4.78 is 9.67. The molecule has 0 saturated carbocycles. The van der Waals surface area contributed by atoms with Gasteiger partial charge in [-0.25, -0.2) is 9.59 Å². The molecule has 0 unspecified atom stereocenters. The minimum Gasteiger partial charge on any atom is -0.465 e. The Balaban J connectivity index is 2.33. The number of nitrogens with one attached hydrogen (secondary N) is 1. The zero-order valence-electron chi connectivity index (χ0n) is 12.0. The smallest absolute Gasteiger partial charge is 0.412 e. The van der Waals surface area contributed by atoms with Crippen molar-refractivity contribution >= 4 is 12.1 Å². The van der Waals surface area contributed by atoms with Crippen molar-refractivity contribution in [2.24, 2.45) is 0 Å². The first kappa shape index (κ1) is 16.0. The van der Waals surface area contributed by atoms with Crippen LogP contribution in [-0.4, -0.2) is 25.7 Å². The standard InChI is InChI=1S/C15H21NO4/c1-3-4-5-6-11-16-15(18)20-13-9-7-12(8-10-13)14(17)19-2/h7-10H,3-6,11H2,1-2H3,(H,16,18). The molecule has 0 aliphatic heterocycles. The van der Waals surface area contributed by atoms with Gasteiger partial charge >= 0.3 is 12.1 Å². The Hall–Kier alpha value is -2.04. The van der Waals surface area contributed by atoms with E-state index in [0.717, 1.165) is 19.3 Å². The van der Waals surface area contributed by atoms with Crippen LogP contribution >= 0.6 is 0 Å². The topological polar surface area (TPSA) is 64.6 Å². The molecular weight excluding hydrogens is 258 g/mol. The van der Waals surface area contributed by atoms with Crippen molar-refractivity contribution in [3.63, 3.8) is 0 Å². The second-order valence-corrected chi connectivity index (χ2v) is 4.39. The molecule has 5 heteroatoms. The Morgan fingerprint density at radius 3 is 2.40 bits per heavy atom. The molecule has 0 aliphatic carbocycles. The van der Waals surface area contributed by atoms with Gasteiger partial charge in [0.2, 0.25) is 0 Å². The van der Waals surface area contributed by atoms with Gasteiger partial charge in [-0.05, 0) is 30.7 Å². The highest BCUT2D eigenvalue weighted by molar-refractivity contribution is 5.89. The first-order valence-corrected chi connectivity index (χ1v) is 6.81. The van der Waals surface area contributed by atoms with Crippen LogP contribution in [0.3, 0.4) is 0 Å². The third-order valence-corrected chi connectivity index (χ3v) is 2.79. The van der Waals surface area contributed by atoms with Crippen molar-refractivity contribution in [1.29, 1.82) is 0 Å². The summed E-state index contributed by atoms with van der Waals surface area (Å²) in [5.74, 6) is -0.0272. The molecule has 1 amide bonds. The van der Waals surface area contributed by atoms with Gasteiger partial charge in [0.05, 0.1) is 12.7 Å². The van der Waals surface area contributed by atoms with Crippen molar-refractivity contribution in [3.05, 3.63) is 29.8 Å². The van der Waals surface area contributed by atoms with Crippen LogP contribution < -0.4 is 10.1 Å². The Morgan fingerprint density at radius 1 is 1.10 bits per heavy atom. The SMILES string of the molecule is CCCCCCNC(=O)Oc1ccc(C(=O)OC)cc1. The first-order chi connectivity index (χ1) is 9.67. The average Bonchev–Trinajstić information content (AvgIpc) is 2.47. The molecule has 0 aliphatic rings. The van der Waals surface area contributed by atoms with E-state index in [1.54, 1.807) is 24.3 Å². The zero-order chi connectivity index (χ0) is 14.8. The summed E-state index contributed by atoms with van der Waals surface area (Å²) in [7, 11) is 1.32. The predicted molar refractivity (Wildman–Crippen MR) is 76.0 cm³/mol. The first-order valence-electron chi connectivity index (χ1n) is 6.81. The van der Waals surface area contributed by atoms with Crippen LogP contribution in [0.15, 0.2) is 24.3 Å². The molecule has 0 fully saturated rings. The second kappa shape index (κ2) is 8.96. The summed E-state index contributed by atoms with van der Waals surface area (Å²) in [6.07, 6.45) is 3.91. The zero-order valence-corrected chi connectivity index (χ0v) is 12.0. The van der Waals surface area contributed by atoms with E-state index in [4.69, 9.17) is 4.74 Å². The van der Waals surface area contributed by atoms with E-state index < -0.39 is 12.1 Å². The van der Waals surface area contributed by atoms with Gasteiger partial charge in [-0.2, -0.15) is 0 Å². The highest BCUT2D eigenvalue weighted by Gasteiger charge is 2.07. The summed E-state index contributed by atoms with van der Waals surface area (Å²) in [4.78, 5) is 22.7. The van der Waals surface area contributed by atoms with Crippen LogP contribution in [-0.2, 0) is 4.74 Å². The maximum atomic E-state index is 11.5. The molecule has 1 aromatic rings. The summed E-state index contributed by atoms with van der Waals surface area (Å²) in [5.41, 5.74) is 0.417. The maximum absolute atomic E-state index is 11.5. The van der Waals surface area contributed by atoms with Gasteiger partial charge < -0.3 is 14.8 Å². The Morgan fingerprint density at radius 2 is 1.80 bits per heavy atom. The molecular formula is C15H21NO4. The van der Waals surface area contributed by atoms with Crippen molar-refractivity contribution in [3.8, 4) is 5.75 Å². The Kier molecular flexibility index (Phi) is 7.17. The average molecular weight is 279 g/mol. The monoisotopic (exact) mass is 279 g/mol. The third kappa shape index (κ3) is 5.73. The molecule has 0 saturated heterocycles. The molecule has 1 aromatic carbocycles. The molecule has 0 radical (unpaired) electrons. The number of hydrogen-bond acceptors (Lipinski definition) is 4. The van der Waals surface area contributed by atoms with Gasteiger partial charge in [-0.1, -0.05) is 26.2 Å². The number of amides is 1. The van der Waals surface area contributed by atoms with Crippen LogP contribution in [0.2, 0.25) is 0 Å². The number of methoxy groups -OCH3 is 1. The van der Waals surface area contributed by atoms with E-state index in [2.05, 4.69) is 17.0 Å². The predicted octanol–water partition coefficient (Wildman–Crippen LogP) is 3.14. The lowest BCUT2D eigenvalue weighted by molar-refractivity contribution is 0.0600. The molecule has 0 aromatic heterocycles. The molecule has 20 heavy (non-hydrogen) atoms. The Bertz CT molecular complexity index is 428. The van der Waals surface area contributed by atoms with Crippen molar-refractivity contribution < 1.29 is 19.1 Å². The summed E-state index contributed by atoms with van der Waals surface area (Å²) >= 11 is 0. The second-order valence-electron chi connectivity index (χ2n) is 4.39. The summed E-state index contributed by atoms with van der Waals surface area (Å²) in [6.45, 7) is 2.75. The fourth-order valence-corrected chi connectivity index (χ4v) is 1.66. The van der Waals surface area contributed by atoms with E-state index >= 15 is 0 Å².